The molecule has 1 aromatic heterocycles. The van der Waals surface area contributed by atoms with E-state index in [2.05, 4.69) is 12.2 Å². The minimum absolute atomic E-state index is 0.0948. The number of nitrogens with two attached hydrogens (primary N) is 1. The number of amides is 1. The molecule has 0 spiro atoms. The van der Waals surface area contributed by atoms with Crippen LogP contribution in [0.25, 0.3) is 0 Å². The van der Waals surface area contributed by atoms with Crippen molar-refractivity contribution < 1.29 is 14.3 Å². The topological polar surface area (TPSA) is 81.4 Å². The number of rotatable bonds is 6. The molecule has 1 atom stereocenters. The van der Waals surface area contributed by atoms with Crippen molar-refractivity contribution in [2.24, 2.45) is 11.7 Å². The zero-order chi connectivity index (χ0) is 16.1. The van der Waals surface area contributed by atoms with Crippen LogP contribution in [0.2, 0.25) is 0 Å². The number of carbonyl (C=O) groups is 2. The van der Waals surface area contributed by atoms with E-state index in [0.29, 0.717) is 42.5 Å². The van der Waals surface area contributed by atoms with Crippen molar-refractivity contribution in [1.29, 1.82) is 0 Å². The number of hydrogen-bond acceptors (Lipinski definition) is 5. The fourth-order valence-corrected chi connectivity index (χ4v) is 4.12. The Balaban J connectivity index is 2.27. The van der Waals surface area contributed by atoms with Gasteiger partial charge in [0.15, 0.2) is 0 Å². The first-order valence-corrected chi connectivity index (χ1v) is 8.70. The highest BCUT2D eigenvalue weighted by Gasteiger charge is 2.28. The zero-order valence-electron chi connectivity index (χ0n) is 13.2. The summed E-state index contributed by atoms with van der Waals surface area (Å²) >= 11 is 1.52. The van der Waals surface area contributed by atoms with Gasteiger partial charge in [0.1, 0.15) is 5.00 Å². The molecule has 3 N–H and O–H groups in total. The van der Waals surface area contributed by atoms with Crippen LogP contribution in [0, 0.1) is 5.92 Å². The van der Waals surface area contributed by atoms with E-state index >= 15 is 0 Å². The quantitative estimate of drug-likeness (QED) is 0.788. The third-order valence-corrected chi connectivity index (χ3v) is 5.02. The van der Waals surface area contributed by atoms with Gasteiger partial charge < -0.3 is 15.8 Å². The highest BCUT2D eigenvalue weighted by molar-refractivity contribution is 7.17. The molecule has 1 heterocycles. The molecule has 0 bridgehead atoms. The molecule has 0 fully saturated rings. The van der Waals surface area contributed by atoms with Crippen molar-refractivity contribution >= 4 is 28.2 Å². The first kappa shape index (κ1) is 17.0. The van der Waals surface area contributed by atoms with E-state index in [9.17, 15) is 9.59 Å². The van der Waals surface area contributed by atoms with Gasteiger partial charge in [-0.25, -0.2) is 4.79 Å². The fraction of sp³-hybridized carbons (Fsp3) is 0.625. The van der Waals surface area contributed by atoms with Gasteiger partial charge in [-0.05, 0) is 50.6 Å². The summed E-state index contributed by atoms with van der Waals surface area (Å²) in [5, 5.41) is 3.52. The second-order valence-electron chi connectivity index (χ2n) is 5.72. The summed E-state index contributed by atoms with van der Waals surface area (Å²) in [5.74, 6) is 0.188. The Morgan fingerprint density at radius 3 is 2.91 bits per heavy atom. The van der Waals surface area contributed by atoms with E-state index in [1.54, 1.807) is 6.92 Å². The summed E-state index contributed by atoms with van der Waals surface area (Å²) in [6.45, 7) is 4.82. The molecule has 2 rings (SSSR count). The van der Waals surface area contributed by atoms with Crippen LogP contribution in [-0.4, -0.2) is 25.0 Å². The third kappa shape index (κ3) is 3.87. The minimum Gasteiger partial charge on any atom is -0.462 e. The molecule has 1 unspecified atom stereocenters. The molecule has 0 saturated carbocycles. The Labute approximate surface area is 135 Å². The van der Waals surface area contributed by atoms with Crippen molar-refractivity contribution in [3.8, 4) is 0 Å². The van der Waals surface area contributed by atoms with E-state index < -0.39 is 0 Å². The SMILES string of the molecule is CCOC(=O)c1c(NC(=O)CCCN)sc2c1CCC(C)C2. The van der Waals surface area contributed by atoms with Crippen LogP contribution < -0.4 is 11.1 Å². The first-order valence-electron chi connectivity index (χ1n) is 7.88. The molecule has 122 valence electrons. The number of anilines is 1. The normalized spacial score (nSPS) is 17.0. The fourth-order valence-electron chi connectivity index (χ4n) is 2.71. The lowest BCUT2D eigenvalue weighted by Gasteiger charge is -2.18. The number of carbonyl (C=O) groups excluding carboxylic acids is 2. The summed E-state index contributed by atoms with van der Waals surface area (Å²) in [7, 11) is 0. The van der Waals surface area contributed by atoms with Crippen LogP contribution in [-0.2, 0) is 22.4 Å². The molecule has 1 amide bonds. The van der Waals surface area contributed by atoms with Gasteiger partial charge in [-0.15, -0.1) is 11.3 Å². The molecule has 5 nitrogen and oxygen atoms in total. The van der Waals surface area contributed by atoms with Crippen molar-refractivity contribution in [2.45, 2.75) is 46.0 Å². The average molecular weight is 324 g/mol. The lowest BCUT2D eigenvalue weighted by molar-refractivity contribution is -0.116. The molecule has 0 radical (unpaired) electrons. The van der Waals surface area contributed by atoms with Gasteiger partial charge in [0, 0.05) is 11.3 Å². The molecule has 22 heavy (non-hydrogen) atoms. The van der Waals surface area contributed by atoms with Crippen LogP contribution in [0.1, 0.15) is 53.9 Å². The molecule has 1 aliphatic rings. The first-order chi connectivity index (χ1) is 10.6. The maximum Gasteiger partial charge on any atom is 0.341 e. The van der Waals surface area contributed by atoms with Gasteiger partial charge in [0.05, 0.1) is 12.2 Å². The van der Waals surface area contributed by atoms with Crippen LogP contribution in [0.4, 0.5) is 5.00 Å². The van der Waals surface area contributed by atoms with Gasteiger partial charge in [-0.1, -0.05) is 6.92 Å². The second kappa shape index (κ2) is 7.74. The molecule has 0 saturated heterocycles. The van der Waals surface area contributed by atoms with E-state index in [1.807, 2.05) is 0 Å². The van der Waals surface area contributed by atoms with Gasteiger partial charge in [-0.2, -0.15) is 0 Å². The smallest absolute Gasteiger partial charge is 0.341 e. The zero-order valence-corrected chi connectivity index (χ0v) is 14.1. The van der Waals surface area contributed by atoms with Crippen molar-refractivity contribution in [3.05, 3.63) is 16.0 Å². The third-order valence-electron chi connectivity index (χ3n) is 3.85. The van der Waals surface area contributed by atoms with Crippen LogP contribution in [0.3, 0.4) is 0 Å². The molecule has 6 heteroatoms. The van der Waals surface area contributed by atoms with Crippen LogP contribution in [0.5, 0.6) is 0 Å². The molecule has 0 aromatic carbocycles. The standard InChI is InChI=1S/C16H24N2O3S/c1-3-21-16(20)14-11-7-6-10(2)9-12(11)22-15(14)18-13(19)5-4-8-17/h10H,3-9,17H2,1-2H3,(H,18,19). The second-order valence-corrected chi connectivity index (χ2v) is 6.82. The molecular formula is C16H24N2O3S. The Morgan fingerprint density at radius 2 is 2.23 bits per heavy atom. The molecule has 0 aliphatic heterocycles. The number of esters is 1. The van der Waals surface area contributed by atoms with Crippen molar-refractivity contribution in [1.82, 2.24) is 0 Å². The Bertz CT molecular complexity index is 554. The van der Waals surface area contributed by atoms with Gasteiger partial charge >= 0.3 is 5.97 Å². The predicted octanol–water partition coefficient (Wildman–Crippen LogP) is 2.73. The molecule has 1 aliphatic carbocycles. The highest BCUT2D eigenvalue weighted by Crippen LogP contribution is 2.40. The molecular weight excluding hydrogens is 300 g/mol. The Morgan fingerprint density at radius 1 is 1.45 bits per heavy atom. The summed E-state index contributed by atoms with van der Waals surface area (Å²) < 4.78 is 5.18. The van der Waals surface area contributed by atoms with Gasteiger partial charge in [0.2, 0.25) is 5.91 Å². The summed E-state index contributed by atoms with van der Waals surface area (Å²) in [4.78, 5) is 25.5. The van der Waals surface area contributed by atoms with E-state index in [0.717, 1.165) is 24.8 Å². The lowest BCUT2D eigenvalue weighted by atomic mass is 9.88. The largest absolute Gasteiger partial charge is 0.462 e. The van der Waals surface area contributed by atoms with Gasteiger partial charge in [-0.3, -0.25) is 4.79 Å². The number of fused-ring (bicyclic) bond motifs is 1. The van der Waals surface area contributed by atoms with Crippen molar-refractivity contribution in [3.63, 3.8) is 0 Å². The number of thiophene rings is 1. The Kier molecular flexibility index (Phi) is 5.97. The summed E-state index contributed by atoms with van der Waals surface area (Å²) in [6.07, 6.45) is 3.92. The van der Waals surface area contributed by atoms with E-state index in [1.165, 1.54) is 16.2 Å². The van der Waals surface area contributed by atoms with E-state index in [4.69, 9.17) is 10.5 Å². The van der Waals surface area contributed by atoms with Crippen LogP contribution >= 0.6 is 11.3 Å². The predicted molar refractivity (Wildman–Crippen MR) is 88.4 cm³/mol. The van der Waals surface area contributed by atoms with Crippen LogP contribution in [0.15, 0.2) is 0 Å². The number of ether oxygens (including phenoxy) is 1. The van der Waals surface area contributed by atoms with Crippen molar-refractivity contribution in [2.75, 3.05) is 18.5 Å². The Hall–Kier alpha value is -1.40. The maximum absolute atomic E-state index is 12.3. The van der Waals surface area contributed by atoms with E-state index in [-0.39, 0.29) is 11.9 Å². The highest BCUT2D eigenvalue weighted by atomic mass is 32.1. The summed E-state index contributed by atoms with van der Waals surface area (Å²) in [5.41, 5.74) is 7.06. The monoisotopic (exact) mass is 324 g/mol. The molecule has 1 aromatic rings. The van der Waals surface area contributed by atoms with Gasteiger partial charge in [0.25, 0.3) is 0 Å². The maximum atomic E-state index is 12.3. The number of nitrogens with one attached hydrogen (secondary N) is 1. The summed E-state index contributed by atoms with van der Waals surface area (Å²) in [6, 6.07) is 0. The minimum atomic E-state index is -0.330. The lowest BCUT2D eigenvalue weighted by Crippen LogP contribution is -2.17. The number of hydrogen-bond donors (Lipinski definition) is 2. The average Bonchev–Trinajstić information content (AvgIpc) is 2.82.